The van der Waals surface area contributed by atoms with Crippen LogP contribution in [0.5, 0.6) is 11.5 Å². The Kier molecular flexibility index (Phi) is 9.50. The molecule has 48 heavy (non-hydrogen) atoms. The van der Waals surface area contributed by atoms with Crippen LogP contribution in [-0.4, -0.2) is 34.9 Å². The molecule has 0 saturated carbocycles. The topological polar surface area (TPSA) is 84.1 Å². The Morgan fingerprint density at radius 2 is 1.54 bits per heavy atom. The van der Waals surface area contributed by atoms with Gasteiger partial charge in [0.1, 0.15) is 0 Å². The number of hydrogen-bond donors (Lipinski definition) is 0. The van der Waals surface area contributed by atoms with E-state index in [0.29, 0.717) is 50.9 Å². The molecule has 3 heterocycles. The molecule has 0 spiro atoms. The molecular formula is C39H39N3O5S. The molecule has 5 aromatic rings. The molecule has 0 radical (unpaired) electrons. The molecule has 6 rings (SSSR count). The van der Waals surface area contributed by atoms with Gasteiger partial charge in [-0.3, -0.25) is 9.36 Å². The zero-order valence-electron chi connectivity index (χ0n) is 28.1. The molecule has 1 atom stereocenters. The zero-order chi connectivity index (χ0) is 33.9. The Morgan fingerprint density at radius 3 is 2.23 bits per heavy atom. The third-order valence-corrected chi connectivity index (χ3v) is 9.37. The zero-order valence-corrected chi connectivity index (χ0v) is 28.9. The molecule has 0 saturated heterocycles. The first-order valence-electron chi connectivity index (χ1n) is 16.2. The first-order chi connectivity index (χ1) is 23.2. The standard InChI is InChI=1S/C39H39N3O5S/c1-7-45-32-20-17-29(22-33(32)46-8-2)36-35(38(44)47-9-3)25(5)40-39-42(36)37(43)34(48-39)23-30-21-24(4)41(26(30)6)31-18-15-28(16-19-31)27-13-11-10-12-14-27/h10-23,36H,7-9H2,1-6H3/b34-23-/t36-/m0/s1. The van der Waals surface area contributed by atoms with Gasteiger partial charge in [-0.1, -0.05) is 59.9 Å². The van der Waals surface area contributed by atoms with Gasteiger partial charge in [-0.15, -0.1) is 0 Å². The van der Waals surface area contributed by atoms with Crippen molar-refractivity contribution in [2.24, 2.45) is 4.99 Å². The van der Waals surface area contributed by atoms with E-state index in [1.807, 2.05) is 56.3 Å². The molecule has 0 amide bonds. The molecule has 246 valence electrons. The van der Waals surface area contributed by atoms with Gasteiger partial charge in [-0.2, -0.15) is 0 Å². The highest BCUT2D eigenvalue weighted by Crippen LogP contribution is 2.36. The Bertz CT molecular complexity index is 2190. The summed E-state index contributed by atoms with van der Waals surface area (Å²) in [7, 11) is 0. The van der Waals surface area contributed by atoms with Crippen LogP contribution in [0.3, 0.4) is 0 Å². The van der Waals surface area contributed by atoms with Crippen LogP contribution in [0.4, 0.5) is 0 Å². The second-order valence-corrected chi connectivity index (χ2v) is 12.5. The van der Waals surface area contributed by atoms with E-state index in [9.17, 15) is 9.59 Å². The largest absolute Gasteiger partial charge is 0.490 e. The molecule has 1 aliphatic rings. The van der Waals surface area contributed by atoms with Gasteiger partial charge in [0.15, 0.2) is 16.3 Å². The number of aromatic nitrogens is 2. The number of thiazole rings is 1. The number of hydrogen-bond acceptors (Lipinski definition) is 7. The molecule has 3 aromatic carbocycles. The van der Waals surface area contributed by atoms with Crippen molar-refractivity contribution in [3.8, 4) is 28.3 Å². The first-order valence-corrected chi connectivity index (χ1v) is 17.0. The van der Waals surface area contributed by atoms with Crippen LogP contribution in [0.15, 0.2) is 99.9 Å². The average Bonchev–Trinajstić information content (AvgIpc) is 3.54. The summed E-state index contributed by atoms with van der Waals surface area (Å²) in [6.45, 7) is 12.6. The molecule has 0 N–H and O–H groups in total. The van der Waals surface area contributed by atoms with Crippen molar-refractivity contribution in [3.63, 3.8) is 0 Å². The molecule has 1 aliphatic heterocycles. The van der Waals surface area contributed by atoms with Crippen molar-refractivity contribution in [2.45, 2.75) is 47.6 Å². The molecule has 0 aliphatic carbocycles. The van der Waals surface area contributed by atoms with Crippen LogP contribution in [0.2, 0.25) is 0 Å². The van der Waals surface area contributed by atoms with E-state index in [4.69, 9.17) is 19.2 Å². The van der Waals surface area contributed by atoms with Gasteiger partial charge < -0.3 is 18.8 Å². The first kappa shape index (κ1) is 32.8. The smallest absolute Gasteiger partial charge is 0.338 e. The van der Waals surface area contributed by atoms with Gasteiger partial charge in [0, 0.05) is 17.1 Å². The quantitative estimate of drug-likeness (QED) is 0.156. The number of allylic oxidation sites excluding steroid dienone is 1. The lowest BCUT2D eigenvalue weighted by atomic mass is 9.95. The van der Waals surface area contributed by atoms with Crippen molar-refractivity contribution in [1.82, 2.24) is 9.13 Å². The van der Waals surface area contributed by atoms with E-state index in [2.05, 4.69) is 60.9 Å². The Labute approximate surface area is 283 Å². The van der Waals surface area contributed by atoms with E-state index < -0.39 is 12.0 Å². The van der Waals surface area contributed by atoms with Crippen LogP contribution in [-0.2, 0) is 9.53 Å². The Balaban J connectivity index is 1.45. The molecule has 0 bridgehead atoms. The van der Waals surface area contributed by atoms with Crippen molar-refractivity contribution < 1.29 is 19.0 Å². The summed E-state index contributed by atoms with van der Waals surface area (Å²) in [5.74, 6) is 0.631. The predicted molar refractivity (Wildman–Crippen MR) is 190 cm³/mol. The summed E-state index contributed by atoms with van der Waals surface area (Å²) in [6, 6.07) is 25.6. The number of ether oxygens (including phenoxy) is 3. The molecule has 0 fully saturated rings. The predicted octanol–water partition coefficient (Wildman–Crippen LogP) is 6.67. The number of fused-ring (bicyclic) bond motifs is 1. The SMILES string of the molecule is CCOC(=O)C1=C(C)N=c2s/c(=C\c3cc(C)n(-c4ccc(-c5ccccc5)cc4)c3C)c(=O)n2[C@H]1c1ccc(OCC)c(OCC)c1. The fourth-order valence-electron chi connectivity index (χ4n) is 6.25. The van der Waals surface area contributed by atoms with Gasteiger partial charge in [0.2, 0.25) is 0 Å². The Morgan fingerprint density at radius 1 is 0.854 bits per heavy atom. The highest BCUT2D eigenvalue weighted by atomic mass is 32.1. The number of rotatable bonds is 10. The van der Waals surface area contributed by atoms with Gasteiger partial charge >= 0.3 is 5.97 Å². The van der Waals surface area contributed by atoms with E-state index >= 15 is 0 Å². The third kappa shape index (κ3) is 6.13. The summed E-state index contributed by atoms with van der Waals surface area (Å²) >= 11 is 1.31. The van der Waals surface area contributed by atoms with E-state index in [-0.39, 0.29) is 12.2 Å². The van der Waals surface area contributed by atoms with Crippen LogP contribution in [0.1, 0.15) is 56.3 Å². The number of carbonyl (C=O) groups is 1. The molecule has 0 unspecified atom stereocenters. The second kappa shape index (κ2) is 13.9. The summed E-state index contributed by atoms with van der Waals surface area (Å²) < 4.78 is 21.5. The third-order valence-electron chi connectivity index (χ3n) is 8.39. The van der Waals surface area contributed by atoms with E-state index in [1.54, 1.807) is 18.4 Å². The van der Waals surface area contributed by atoms with E-state index in [1.165, 1.54) is 16.9 Å². The number of aryl methyl sites for hydroxylation is 1. The maximum absolute atomic E-state index is 14.3. The fourth-order valence-corrected chi connectivity index (χ4v) is 7.29. The summed E-state index contributed by atoms with van der Waals surface area (Å²) in [4.78, 5) is 33.0. The molecular weight excluding hydrogens is 623 g/mol. The monoisotopic (exact) mass is 661 g/mol. The number of benzene rings is 3. The summed E-state index contributed by atoms with van der Waals surface area (Å²) in [5, 5.41) is 0. The van der Waals surface area contributed by atoms with E-state index in [0.717, 1.165) is 28.2 Å². The molecule has 8 nitrogen and oxygen atoms in total. The van der Waals surface area contributed by atoms with Crippen molar-refractivity contribution in [3.05, 3.63) is 132 Å². The minimum Gasteiger partial charge on any atom is -0.490 e. The minimum atomic E-state index is -0.757. The van der Waals surface area contributed by atoms with Crippen LogP contribution in [0.25, 0.3) is 22.9 Å². The van der Waals surface area contributed by atoms with Gasteiger partial charge in [0.25, 0.3) is 5.56 Å². The van der Waals surface area contributed by atoms with Crippen LogP contribution in [0, 0.1) is 13.8 Å². The van der Waals surface area contributed by atoms with Gasteiger partial charge in [0.05, 0.1) is 41.7 Å². The van der Waals surface area contributed by atoms with Crippen LogP contribution < -0.4 is 24.4 Å². The van der Waals surface area contributed by atoms with Crippen molar-refractivity contribution in [1.29, 1.82) is 0 Å². The fraction of sp³-hybridized carbons (Fsp3) is 0.256. The molecule has 2 aromatic heterocycles. The van der Waals surface area contributed by atoms with Crippen LogP contribution >= 0.6 is 11.3 Å². The summed E-state index contributed by atoms with van der Waals surface area (Å²) in [6.07, 6.45) is 1.92. The van der Waals surface area contributed by atoms with Gasteiger partial charge in [-0.25, -0.2) is 9.79 Å². The minimum absolute atomic E-state index is 0.199. The van der Waals surface area contributed by atoms with Crippen molar-refractivity contribution >= 4 is 23.4 Å². The lowest BCUT2D eigenvalue weighted by molar-refractivity contribution is -0.139. The number of esters is 1. The van der Waals surface area contributed by atoms with Gasteiger partial charge in [-0.05, 0) is 100 Å². The average molecular weight is 662 g/mol. The highest BCUT2D eigenvalue weighted by Gasteiger charge is 2.34. The molecule has 9 heteroatoms. The Hall–Kier alpha value is -5.15. The summed E-state index contributed by atoms with van der Waals surface area (Å²) in [5.41, 5.74) is 7.65. The lowest BCUT2D eigenvalue weighted by Crippen LogP contribution is -2.40. The lowest BCUT2D eigenvalue weighted by Gasteiger charge is -2.25. The number of nitrogens with zero attached hydrogens (tertiary/aromatic N) is 3. The van der Waals surface area contributed by atoms with Crippen molar-refractivity contribution in [2.75, 3.05) is 19.8 Å². The maximum Gasteiger partial charge on any atom is 0.338 e. The maximum atomic E-state index is 14.3. The second-order valence-electron chi connectivity index (χ2n) is 11.4. The number of carbonyl (C=O) groups excluding carboxylic acids is 1. The normalized spacial score (nSPS) is 14.5. The highest BCUT2D eigenvalue weighted by molar-refractivity contribution is 7.07.